The lowest BCUT2D eigenvalue weighted by Crippen LogP contribution is -2.37. The first kappa shape index (κ1) is 16.2. The molecule has 4 heteroatoms. The molecule has 0 radical (unpaired) electrons. The molecule has 116 valence electrons. The first-order chi connectivity index (χ1) is 10.7. The normalized spacial score (nSPS) is 12.1. The van der Waals surface area contributed by atoms with Gasteiger partial charge >= 0.3 is 0 Å². The Morgan fingerprint density at radius 2 is 1.82 bits per heavy atom. The number of amides is 1. The van der Waals surface area contributed by atoms with E-state index in [2.05, 4.69) is 29.5 Å². The van der Waals surface area contributed by atoms with Crippen molar-refractivity contribution in [3.8, 4) is 0 Å². The highest BCUT2D eigenvalue weighted by Gasteiger charge is 2.15. The predicted molar refractivity (Wildman–Crippen MR) is 88.4 cm³/mol. The maximum Gasteiger partial charge on any atom is 0.233 e. The number of pyridine rings is 1. The zero-order valence-corrected chi connectivity index (χ0v) is 13.1. The van der Waals surface area contributed by atoms with E-state index < -0.39 is 0 Å². The van der Waals surface area contributed by atoms with Gasteiger partial charge in [0.15, 0.2) is 0 Å². The Morgan fingerprint density at radius 1 is 1.09 bits per heavy atom. The van der Waals surface area contributed by atoms with E-state index in [1.54, 1.807) is 6.20 Å². The molecule has 1 aromatic carbocycles. The molecule has 1 aromatic heterocycles. The number of carbonyl (C=O) groups is 1. The maximum absolute atomic E-state index is 11.9. The summed E-state index contributed by atoms with van der Waals surface area (Å²) in [6.45, 7) is 5.12. The van der Waals surface area contributed by atoms with Gasteiger partial charge in [-0.2, -0.15) is 0 Å². The van der Waals surface area contributed by atoms with Crippen molar-refractivity contribution in [2.75, 3.05) is 13.1 Å². The Kier molecular flexibility index (Phi) is 6.10. The van der Waals surface area contributed by atoms with Gasteiger partial charge in [-0.1, -0.05) is 50.2 Å². The average molecular weight is 297 g/mol. The third-order valence-electron chi connectivity index (χ3n) is 3.29. The Bertz CT molecular complexity index is 530. The molecule has 0 fully saturated rings. The molecule has 0 saturated heterocycles. The molecular formula is C18H23N3O. The molecule has 0 saturated carbocycles. The molecule has 2 aromatic rings. The first-order valence-electron chi connectivity index (χ1n) is 7.62. The molecule has 0 aliphatic heterocycles. The van der Waals surface area contributed by atoms with Crippen LogP contribution in [-0.4, -0.2) is 24.0 Å². The van der Waals surface area contributed by atoms with Gasteiger partial charge in [0, 0.05) is 12.7 Å². The zero-order valence-electron chi connectivity index (χ0n) is 13.1. The van der Waals surface area contributed by atoms with Crippen molar-refractivity contribution in [1.29, 1.82) is 0 Å². The summed E-state index contributed by atoms with van der Waals surface area (Å²) in [7, 11) is 0. The molecule has 1 heterocycles. The van der Waals surface area contributed by atoms with Gasteiger partial charge in [-0.3, -0.25) is 15.1 Å². The molecule has 0 spiro atoms. The van der Waals surface area contributed by atoms with Gasteiger partial charge in [-0.25, -0.2) is 0 Å². The lowest BCUT2D eigenvalue weighted by atomic mass is 10.0. The molecule has 2 N–H and O–H groups in total. The minimum atomic E-state index is -0.0906. The van der Waals surface area contributed by atoms with Crippen LogP contribution in [0.25, 0.3) is 0 Å². The number of hydrogen-bond donors (Lipinski definition) is 2. The second-order valence-corrected chi connectivity index (χ2v) is 5.68. The number of rotatable bonds is 7. The number of carbonyl (C=O) groups excluding carboxylic acids is 1. The largest absolute Gasteiger partial charge is 0.355 e. The smallest absolute Gasteiger partial charge is 0.233 e. The third-order valence-corrected chi connectivity index (χ3v) is 3.29. The van der Waals surface area contributed by atoms with Crippen LogP contribution in [-0.2, 0) is 4.79 Å². The first-order valence-corrected chi connectivity index (χ1v) is 7.62. The van der Waals surface area contributed by atoms with Crippen LogP contribution in [0.4, 0.5) is 0 Å². The SMILES string of the molecule is CC(C)CNC(=O)CN[C@@H](c1ccccc1)c1ccccn1. The second kappa shape index (κ2) is 8.29. The molecule has 0 aliphatic rings. The van der Waals surface area contributed by atoms with Gasteiger partial charge in [0.1, 0.15) is 0 Å². The van der Waals surface area contributed by atoms with E-state index in [9.17, 15) is 4.79 Å². The standard InChI is InChI=1S/C18H23N3O/c1-14(2)12-20-17(22)13-21-18(15-8-4-3-5-9-15)16-10-6-7-11-19-16/h3-11,14,18,21H,12-13H2,1-2H3,(H,20,22)/t18-/m0/s1. The monoisotopic (exact) mass is 297 g/mol. The van der Waals surface area contributed by atoms with Gasteiger partial charge in [-0.05, 0) is 23.6 Å². The van der Waals surface area contributed by atoms with Gasteiger partial charge in [0.2, 0.25) is 5.91 Å². The summed E-state index contributed by atoms with van der Waals surface area (Å²) in [5, 5.41) is 6.22. The van der Waals surface area contributed by atoms with Gasteiger partial charge in [0.05, 0.1) is 18.3 Å². The highest BCUT2D eigenvalue weighted by Crippen LogP contribution is 2.19. The van der Waals surface area contributed by atoms with Crippen LogP contribution in [0.5, 0.6) is 0 Å². The second-order valence-electron chi connectivity index (χ2n) is 5.68. The number of nitrogens with one attached hydrogen (secondary N) is 2. The fourth-order valence-corrected chi connectivity index (χ4v) is 2.16. The summed E-state index contributed by atoms with van der Waals surface area (Å²) in [6.07, 6.45) is 1.77. The van der Waals surface area contributed by atoms with Crippen molar-refractivity contribution in [2.24, 2.45) is 5.92 Å². The number of nitrogens with zero attached hydrogens (tertiary/aromatic N) is 1. The molecule has 22 heavy (non-hydrogen) atoms. The topological polar surface area (TPSA) is 54.0 Å². The van der Waals surface area contributed by atoms with E-state index in [-0.39, 0.29) is 18.5 Å². The summed E-state index contributed by atoms with van der Waals surface area (Å²) >= 11 is 0. The van der Waals surface area contributed by atoms with Crippen LogP contribution in [0.15, 0.2) is 54.7 Å². The van der Waals surface area contributed by atoms with Crippen molar-refractivity contribution in [1.82, 2.24) is 15.6 Å². The number of hydrogen-bond acceptors (Lipinski definition) is 3. The van der Waals surface area contributed by atoms with Gasteiger partial charge in [0.25, 0.3) is 0 Å². The molecule has 0 unspecified atom stereocenters. The van der Waals surface area contributed by atoms with E-state index in [0.717, 1.165) is 11.3 Å². The summed E-state index contributed by atoms with van der Waals surface area (Å²) in [4.78, 5) is 16.3. The van der Waals surface area contributed by atoms with Gasteiger partial charge < -0.3 is 5.32 Å². The molecule has 0 bridgehead atoms. The lowest BCUT2D eigenvalue weighted by Gasteiger charge is -2.19. The summed E-state index contributed by atoms with van der Waals surface area (Å²) in [5.74, 6) is 0.454. The fourth-order valence-electron chi connectivity index (χ4n) is 2.16. The number of aromatic nitrogens is 1. The molecule has 0 aliphatic carbocycles. The van der Waals surface area contributed by atoms with E-state index in [4.69, 9.17) is 0 Å². The van der Waals surface area contributed by atoms with Crippen LogP contribution >= 0.6 is 0 Å². The molecule has 1 amide bonds. The van der Waals surface area contributed by atoms with Crippen molar-refractivity contribution >= 4 is 5.91 Å². The molecule has 2 rings (SSSR count). The Balaban J connectivity index is 2.05. The summed E-state index contributed by atoms with van der Waals surface area (Å²) < 4.78 is 0. The van der Waals surface area contributed by atoms with E-state index in [1.807, 2.05) is 48.5 Å². The maximum atomic E-state index is 11.9. The number of benzene rings is 1. The van der Waals surface area contributed by atoms with Gasteiger partial charge in [-0.15, -0.1) is 0 Å². The molecular weight excluding hydrogens is 274 g/mol. The van der Waals surface area contributed by atoms with Crippen molar-refractivity contribution in [2.45, 2.75) is 19.9 Å². The van der Waals surface area contributed by atoms with Crippen LogP contribution in [0.3, 0.4) is 0 Å². The minimum Gasteiger partial charge on any atom is -0.355 e. The van der Waals surface area contributed by atoms with E-state index in [1.165, 1.54) is 0 Å². The van der Waals surface area contributed by atoms with Crippen molar-refractivity contribution in [3.05, 3.63) is 66.0 Å². The fraction of sp³-hybridized carbons (Fsp3) is 0.333. The Hall–Kier alpha value is -2.20. The van der Waals surface area contributed by atoms with Crippen LogP contribution in [0, 0.1) is 5.92 Å². The van der Waals surface area contributed by atoms with Crippen LogP contribution < -0.4 is 10.6 Å². The third kappa shape index (κ3) is 4.97. The Labute approximate surface area is 132 Å². The van der Waals surface area contributed by atoms with Crippen molar-refractivity contribution in [3.63, 3.8) is 0 Å². The molecule has 1 atom stereocenters. The predicted octanol–water partition coefficient (Wildman–Crippen LogP) is 2.53. The average Bonchev–Trinajstić information content (AvgIpc) is 2.55. The highest BCUT2D eigenvalue weighted by molar-refractivity contribution is 5.78. The lowest BCUT2D eigenvalue weighted by molar-refractivity contribution is -0.120. The molecule has 4 nitrogen and oxygen atoms in total. The van der Waals surface area contributed by atoms with Crippen molar-refractivity contribution < 1.29 is 4.79 Å². The van der Waals surface area contributed by atoms with E-state index in [0.29, 0.717) is 12.5 Å². The zero-order chi connectivity index (χ0) is 15.8. The Morgan fingerprint density at radius 3 is 2.45 bits per heavy atom. The summed E-state index contributed by atoms with van der Waals surface area (Å²) in [5.41, 5.74) is 2.00. The van der Waals surface area contributed by atoms with Crippen LogP contribution in [0.2, 0.25) is 0 Å². The highest BCUT2D eigenvalue weighted by atomic mass is 16.1. The quantitative estimate of drug-likeness (QED) is 0.826. The van der Waals surface area contributed by atoms with Crippen LogP contribution in [0.1, 0.15) is 31.1 Å². The minimum absolute atomic E-state index is 0.00515. The van der Waals surface area contributed by atoms with E-state index >= 15 is 0 Å². The summed E-state index contributed by atoms with van der Waals surface area (Å²) in [6, 6.07) is 15.8.